The smallest absolute Gasteiger partial charge is 0.272 e. The summed E-state index contributed by atoms with van der Waals surface area (Å²) in [4.78, 5) is 15.5. The third-order valence-corrected chi connectivity index (χ3v) is 3.94. The molecule has 2 aromatic carbocycles. The highest BCUT2D eigenvalue weighted by Gasteiger charge is 2.10. The minimum Gasteiger partial charge on any atom is -0.369 e. The number of amides is 1. The van der Waals surface area contributed by atoms with Crippen LogP contribution in [0.5, 0.6) is 0 Å². The molecule has 0 atom stereocenters. The van der Waals surface area contributed by atoms with Crippen molar-refractivity contribution >= 4 is 45.8 Å². The van der Waals surface area contributed by atoms with Crippen LogP contribution in [0.4, 0.5) is 5.69 Å². The van der Waals surface area contributed by atoms with Crippen molar-refractivity contribution in [2.75, 3.05) is 5.32 Å². The van der Waals surface area contributed by atoms with E-state index in [0.717, 1.165) is 16.5 Å². The number of nitrogens with one attached hydrogen (secondary N) is 2. The van der Waals surface area contributed by atoms with Crippen LogP contribution in [0.3, 0.4) is 0 Å². The number of aromatic amines is 1. The summed E-state index contributed by atoms with van der Waals surface area (Å²) in [5.41, 5.74) is 13.9. The molecule has 6 N–H and O–H groups in total. The van der Waals surface area contributed by atoms with Crippen LogP contribution >= 0.6 is 11.6 Å². The molecular weight excluding hydrogens is 352 g/mol. The Morgan fingerprint density at radius 1 is 1.08 bits per heavy atom. The van der Waals surface area contributed by atoms with Gasteiger partial charge in [0.05, 0.1) is 5.71 Å². The lowest BCUT2D eigenvalue weighted by atomic mass is 10.1. The number of hydrogen-bond donors (Lipinski definition) is 4. The Balaban J connectivity index is 1.74. The van der Waals surface area contributed by atoms with E-state index in [2.05, 4.69) is 20.5 Å². The first-order valence-corrected chi connectivity index (χ1v) is 8.13. The van der Waals surface area contributed by atoms with E-state index in [1.807, 2.05) is 18.2 Å². The average Bonchev–Trinajstić information content (AvgIpc) is 3.03. The fourth-order valence-electron chi connectivity index (χ4n) is 2.41. The van der Waals surface area contributed by atoms with Gasteiger partial charge in [-0.1, -0.05) is 29.8 Å². The minimum absolute atomic E-state index is 0.104. The van der Waals surface area contributed by atoms with Crippen molar-refractivity contribution in [1.82, 2.24) is 4.98 Å². The zero-order chi connectivity index (χ0) is 18.7. The number of nitrogens with two attached hydrogens (primary N) is 2. The quantitative estimate of drug-likeness (QED) is 0.321. The number of fused-ring (bicyclic) bond motifs is 1. The van der Waals surface area contributed by atoms with Gasteiger partial charge in [0.2, 0.25) is 5.96 Å². The molecule has 0 spiro atoms. The van der Waals surface area contributed by atoms with Crippen LogP contribution in [0.25, 0.3) is 10.9 Å². The largest absolute Gasteiger partial charge is 0.369 e. The lowest BCUT2D eigenvalue weighted by molar-refractivity contribution is 0.102. The second kappa shape index (κ2) is 7.28. The normalized spacial score (nSPS) is 11.4. The second-order valence-corrected chi connectivity index (χ2v) is 6.09. The summed E-state index contributed by atoms with van der Waals surface area (Å²) >= 11 is 5.97. The molecule has 0 bridgehead atoms. The van der Waals surface area contributed by atoms with Crippen LogP contribution in [-0.4, -0.2) is 22.6 Å². The van der Waals surface area contributed by atoms with Crippen molar-refractivity contribution in [1.29, 1.82) is 0 Å². The molecule has 0 radical (unpaired) electrons. The summed E-state index contributed by atoms with van der Waals surface area (Å²) in [7, 11) is 0. The van der Waals surface area contributed by atoms with E-state index in [1.165, 1.54) is 0 Å². The van der Waals surface area contributed by atoms with Crippen LogP contribution in [0.2, 0.25) is 5.02 Å². The lowest BCUT2D eigenvalue weighted by Gasteiger charge is -2.05. The van der Waals surface area contributed by atoms with E-state index >= 15 is 0 Å². The molecule has 0 aliphatic carbocycles. The van der Waals surface area contributed by atoms with Gasteiger partial charge < -0.3 is 21.8 Å². The van der Waals surface area contributed by atoms with Gasteiger partial charge in [-0.2, -0.15) is 5.10 Å². The van der Waals surface area contributed by atoms with Gasteiger partial charge in [-0.05, 0) is 42.8 Å². The SMILES string of the molecule is C/C(=N/N=C(N)N)c1ccc(NC(=O)c2cc3ccc(Cl)cc3[nH]2)cc1. The van der Waals surface area contributed by atoms with E-state index in [4.69, 9.17) is 23.1 Å². The Morgan fingerprint density at radius 2 is 1.81 bits per heavy atom. The zero-order valence-corrected chi connectivity index (χ0v) is 14.7. The van der Waals surface area contributed by atoms with Gasteiger partial charge in [-0.25, -0.2) is 0 Å². The molecule has 1 aromatic heterocycles. The maximum Gasteiger partial charge on any atom is 0.272 e. The summed E-state index contributed by atoms with van der Waals surface area (Å²) < 4.78 is 0. The van der Waals surface area contributed by atoms with E-state index in [0.29, 0.717) is 22.1 Å². The van der Waals surface area contributed by atoms with E-state index in [-0.39, 0.29) is 11.9 Å². The number of H-pyrrole nitrogens is 1. The van der Waals surface area contributed by atoms with Crippen LogP contribution < -0.4 is 16.8 Å². The van der Waals surface area contributed by atoms with Crippen molar-refractivity contribution in [3.63, 3.8) is 0 Å². The molecule has 0 saturated carbocycles. The number of nitrogens with zero attached hydrogens (tertiary/aromatic N) is 2. The Kier molecular flexibility index (Phi) is 4.90. The molecule has 26 heavy (non-hydrogen) atoms. The topological polar surface area (TPSA) is 122 Å². The van der Waals surface area contributed by atoms with Gasteiger partial charge in [0.25, 0.3) is 5.91 Å². The summed E-state index contributed by atoms with van der Waals surface area (Å²) in [6.45, 7) is 1.79. The van der Waals surface area contributed by atoms with Crippen molar-refractivity contribution in [2.24, 2.45) is 21.7 Å². The highest BCUT2D eigenvalue weighted by Crippen LogP contribution is 2.20. The van der Waals surface area contributed by atoms with Crippen LogP contribution in [0.1, 0.15) is 23.0 Å². The van der Waals surface area contributed by atoms with Gasteiger partial charge >= 0.3 is 0 Å². The molecule has 0 aliphatic rings. The molecule has 1 amide bonds. The Bertz CT molecular complexity index is 1020. The number of anilines is 1. The predicted molar refractivity (Wildman–Crippen MR) is 106 cm³/mol. The van der Waals surface area contributed by atoms with Crippen LogP contribution in [0, 0.1) is 0 Å². The van der Waals surface area contributed by atoms with Crippen molar-refractivity contribution in [2.45, 2.75) is 6.92 Å². The summed E-state index contributed by atoms with van der Waals surface area (Å²) in [6, 6.07) is 14.4. The predicted octanol–water partition coefficient (Wildman–Crippen LogP) is 3.07. The van der Waals surface area contributed by atoms with Crippen molar-refractivity contribution in [3.05, 3.63) is 64.8 Å². The van der Waals surface area contributed by atoms with Gasteiger partial charge in [0.1, 0.15) is 5.69 Å². The fourth-order valence-corrected chi connectivity index (χ4v) is 2.58. The zero-order valence-electron chi connectivity index (χ0n) is 14.0. The molecule has 3 rings (SSSR count). The Labute approximate surface area is 154 Å². The van der Waals surface area contributed by atoms with Gasteiger partial charge in [-0.15, -0.1) is 5.10 Å². The number of carbonyl (C=O) groups is 1. The number of carbonyl (C=O) groups excluding carboxylic acids is 1. The van der Waals surface area contributed by atoms with Crippen molar-refractivity contribution in [3.8, 4) is 0 Å². The first-order chi connectivity index (χ1) is 12.4. The maximum absolute atomic E-state index is 12.4. The first-order valence-electron chi connectivity index (χ1n) is 7.75. The summed E-state index contributed by atoms with van der Waals surface area (Å²) in [6.07, 6.45) is 0. The number of aromatic nitrogens is 1. The number of guanidine groups is 1. The Hall–Kier alpha value is -3.32. The highest BCUT2D eigenvalue weighted by atomic mass is 35.5. The standard InChI is InChI=1S/C18H17ClN6O/c1-10(24-25-18(20)21)11-3-6-14(7-4-11)22-17(26)16-8-12-2-5-13(19)9-15(12)23-16/h2-9,23H,1H3,(H,22,26)(H4,20,21,25)/b24-10-. The first kappa shape index (κ1) is 17.5. The van der Waals surface area contributed by atoms with Gasteiger partial charge in [0, 0.05) is 21.6 Å². The van der Waals surface area contributed by atoms with Crippen molar-refractivity contribution < 1.29 is 4.79 Å². The monoisotopic (exact) mass is 368 g/mol. The average molecular weight is 369 g/mol. The van der Waals surface area contributed by atoms with Crippen LogP contribution in [-0.2, 0) is 0 Å². The van der Waals surface area contributed by atoms with Crippen LogP contribution in [0.15, 0.2) is 58.7 Å². The fraction of sp³-hybridized carbons (Fsp3) is 0.0556. The molecule has 0 saturated heterocycles. The summed E-state index contributed by atoms with van der Waals surface area (Å²) in [5, 5.41) is 11.9. The summed E-state index contributed by atoms with van der Waals surface area (Å²) in [5.74, 6) is -0.344. The Morgan fingerprint density at radius 3 is 2.50 bits per heavy atom. The number of hydrogen-bond acceptors (Lipinski definition) is 3. The molecule has 0 fully saturated rings. The molecule has 1 heterocycles. The molecule has 0 aliphatic heterocycles. The van der Waals surface area contributed by atoms with Gasteiger partial charge in [0.15, 0.2) is 0 Å². The number of rotatable bonds is 4. The molecule has 0 unspecified atom stereocenters. The third kappa shape index (κ3) is 4.01. The molecule has 7 nitrogen and oxygen atoms in total. The van der Waals surface area contributed by atoms with Gasteiger partial charge in [-0.3, -0.25) is 4.79 Å². The minimum atomic E-state index is -0.240. The molecule has 3 aromatic rings. The second-order valence-electron chi connectivity index (χ2n) is 5.66. The number of halogens is 1. The van der Waals surface area contributed by atoms with E-state index in [1.54, 1.807) is 37.3 Å². The molecular formula is C18H17ClN6O. The molecule has 8 heteroatoms. The highest BCUT2D eigenvalue weighted by molar-refractivity contribution is 6.31. The maximum atomic E-state index is 12.4. The lowest BCUT2D eigenvalue weighted by Crippen LogP contribution is -2.22. The van der Waals surface area contributed by atoms with E-state index in [9.17, 15) is 4.79 Å². The number of benzene rings is 2. The molecule has 132 valence electrons. The third-order valence-electron chi connectivity index (χ3n) is 3.71. The van der Waals surface area contributed by atoms with E-state index < -0.39 is 0 Å².